The molecule has 8 nitrogen and oxygen atoms in total. The van der Waals surface area contributed by atoms with Crippen molar-refractivity contribution in [3.05, 3.63) is 70.6 Å². The topological polar surface area (TPSA) is 114 Å². The molecule has 4 rings (SSSR count). The summed E-state index contributed by atoms with van der Waals surface area (Å²) in [5, 5.41) is 8.58. The lowest BCUT2D eigenvalue weighted by atomic mass is 9.88. The van der Waals surface area contributed by atoms with Crippen molar-refractivity contribution < 1.29 is 23.9 Å². The zero-order valence-corrected chi connectivity index (χ0v) is 25.8. The van der Waals surface area contributed by atoms with Crippen molar-refractivity contribution in [1.82, 2.24) is 0 Å². The number of nitrogens with one attached hydrogen (secondary N) is 3. The maximum Gasteiger partial charge on any atom is 0.341 e. The lowest BCUT2D eigenvalue weighted by molar-refractivity contribution is -0.120. The summed E-state index contributed by atoms with van der Waals surface area (Å²) in [6.07, 6.45) is 5.72. The van der Waals surface area contributed by atoms with E-state index < -0.39 is 11.2 Å². The molecule has 42 heavy (non-hydrogen) atoms. The van der Waals surface area contributed by atoms with Crippen LogP contribution in [0.3, 0.4) is 0 Å². The van der Waals surface area contributed by atoms with Gasteiger partial charge in [-0.1, -0.05) is 50.5 Å². The first-order valence-corrected chi connectivity index (χ1v) is 16.1. The standard InChI is InChI=1S/C32H37N3O5S2/c1-4-25(41-24-18-12-17-23(19-24)34-28(36)21-13-8-6-9-14-21)29(37)35-31-26(32(39)40-5-2)20(3)27(42-31)30(38)33-22-15-10-7-11-16-22/h7,10-12,15-19,21,25H,4-6,8-9,13-14H2,1-3H3,(H,33,38)(H,34,36)(H,35,37). The third kappa shape index (κ3) is 8.01. The van der Waals surface area contributed by atoms with E-state index in [0.717, 1.165) is 41.9 Å². The number of anilines is 3. The molecule has 0 spiro atoms. The number of ether oxygens (including phenoxy) is 1. The van der Waals surface area contributed by atoms with Crippen molar-refractivity contribution in [2.75, 3.05) is 22.6 Å². The number of thioether (sulfide) groups is 1. The van der Waals surface area contributed by atoms with E-state index in [2.05, 4.69) is 16.0 Å². The van der Waals surface area contributed by atoms with E-state index in [1.165, 1.54) is 18.2 Å². The summed E-state index contributed by atoms with van der Waals surface area (Å²) in [5.41, 5.74) is 1.96. The van der Waals surface area contributed by atoms with Crippen LogP contribution in [0.5, 0.6) is 0 Å². The van der Waals surface area contributed by atoms with E-state index in [-0.39, 0.29) is 40.8 Å². The molecule has 1 aromatic heterocycles. The monoisotopic (exact) mass is 607 g/mol. The summed E-state index contributed by atoms with van der Waals surface area (Å²) < 4.78 is 5.26. The molecular weight excluding hydrogens is 571 g/mol. The molecule has 222 valence electrons. The highest BCUT2D eigenvalue weighted by Gasteiger charge is 2.29. The second kappa shape index (κ2) is 15.0. The van der Waals surface area contributed by atoms with Gasteiger partial charge >= 0.3 is 5.97 Å². The van der Waals surface area contributed by atoms with E-state index in [1.54, 1.807) is 26.0 Å². The summed E-state index contributed by atoms with van der Waals surface area (Å²) in [5.74, 6) is -1.16. The van der Waals surface area contributed by atoms with Crippen molar-refractivity contribution in [2.24, 2.45) is 5.92 Å². The number of thiophene rings is 1. The predicted molar refractivity (Wildman–Crippen MR) is 170 cm³/mol. The van der Waals surface area contributed by atoms with Gasteiger partial charge in [-0.2, -0.15) is 0 Å². The van der Waals surface area contributed by atoms with E-state index in [9.17, 15) is 19.2 Å². The van der Waals surface area contributed by atoms with E-state index >= 15 is 0 Å². The SMILES string of the molecule is CCOC(=O)c1c(NC(=O)C(CC)Sc2cccc(NC(=O)C3CCCCC3)c2)sc(C(=O)Nc2ccccc2)c1C. The van der Waals surface area contributed by atoms with Crippen LogP contribution in [0, 0.1) is 12.8 Å². The molecule has 0 saturated heterocycles. The third-order valence-electron chi connectivity index (χ3n) is 7.12. The number of amides is 3. The molecule has 1 aliphatic carbocycles. The second-order valence-electron chi connectivity index (χ2n) is 10.2. The van der Waals surface area contributed by atoms with Crippen LogP contribution in [0.2, 0.25) is 0 Å². The highest BCUT2D eigenvalue weighted by molar-refractivity contribution is 8.00. The van der Waals surface area contributed by atoms with Crippen LogP contribution < -0.4 is 16.0 Å². The summed E-state index contributed by atoms with van der Waals surface area (Å²) >= 11 is 2.43. The molecule has 1 saturated carbocycles. The lowest BCUT2D eigenvalue weighted by Gasteiger charge is -2.21. The van der Waals surface area contributed by atoms with Crippen LogP contribution >= 0.6 is 23.1 Å². The normalized spacial score (nSPS) is 14.1. The number of esters is 1. The Morgan fingerprint density at radius 3 is 2.33 bits per heavy atom. The van der Waals surface area contributed by atoms with Gasteiger partial charge in [-0.15, -0.1) is 23.1 Å². The number of rotatable bonds is 11. The maximum absolute atomic E-state index is 13.5. The van der Waals surface area contributed by atoms with Crippen LogP contribution in [0.25, 0.3) is 0 Å². The number of hydrogen-bond acceptors (Lipinski definition) is 7. The highest BCUT2D eigenvalue weighted by atomic mass is 32.2. The Morgan fingerprint density at radius 1 is 0.929 bits per heavy atom. The van der Waals surface area contributed by atoms with Crippen molar-refractivity contribution in [2.45, 2.75) is 69.4 Å². The van der Waals surface area contributed by atoms with E-state index in [4.69, 9.17) is 4.74 Å². The molecule has 3 aromatic rings. The lowest BCUT2D eigenvalue weighted by Crippen LogP contribution is -2.25. The van der Waals surface area contributed by atoms with Gasteiger partial charge in [0.1, 0.15) is 5.00 Å². The molecule has 1 heterocycles. The fraction of sp³-hybridized carbons (Fsp3) is 0.375. The van der Waals surface area contributed by atoms with E-state index in [1.807, 2.05) is 49.4 Å². The Bertz CT molecular complexity index is 1420. The van der Waals surface area contributed by atoms with Gasteiger partial charge in [-0.3, -0.25) is 14.4 Å². The number of carbonyl (C=O) groups excluding carboxylic acids is 4. The Balaban J connectivity index is 1.49. The number of para-hydroxylation sites is 1. The molecule has 3 amide bonds. The van der Waals surface area contributed by atoms with Gasteiger partial charge in [-0.25, -0.2) is 4.79 Å². The molecule has 10 heteroatoms. The molecule has 1 aliphatic rings. The molecule has 1 fully saturated rings. The minimum Gasteiger partial charge on any atom is -0.462 e. The Morgan fingerprint density at radius 2 is 1.64 bits per heavy atom. The van der Waals surface area contributed by atoms with Gasteiger partial charge in [0.05, 0.1) is 22.3 Å². The Labute approximate surface area is 255 Å². The summed E-state index contributed by atoms with van der Waals surface area (Å²) in [6, 6.07) is 16.5. The molecule has 3 N–H and O–H groups in total. The fourth-order valence-electron chi connectivity index (χ4n) is 4.91. The molecule has 0 bridgehead atoms. The number of benzene rings is 2. The molecule has 1 atom stereocenters. The summed E-state index contributed by atoms with van der Waals surface area (Å²) in [7, 11) is 0. The zero-order valence-electron chi connectivity index (χ0n) is 24.2. The van der Waals surface area contributed by atoms with Crippen molar-refractivity contribution in [1.29, 1.82) is 0 Å². The minimum absolute atomic E-state index is 0.0479. The fourth-order valence-corrected chi connectivity index (χ4v) is 7.02. The van der Waals surface area contributed by atoms with Gasteiger partial charge < -0.3 is 20.7 Å². The molecular formula is C32H37N3O5S2. The quantitative estimate of drug-likeness (QED) is 0.154. The van der Waals surface area contributed by atoms with Gasteiger partial charge in [0.15, 0.2) is 0 Å². The second-order valence-corrected chi connectivity index (χ2v) is 12.5. The average molecular weight is 608 g/mol. The Hall–Kier alpha value is -3.63. The first kappa shape index (κ1) is 31.3. The van der Waals surface area contributed by atoms with Gasteiger partial charge in [-0.05, 0) is 69.0 Å². The van der Waals surface area contributed by atoms with Gasteiger partial charge in [0.2, 0.25) is 11.8 Å². The highest BCUT2D eigenvalue weighted by Crippen LogP contribution is 2.36. The largest absolute Gasteiger partial charge is 0.462 e. The number of hydrogen-bond donors (Lipinski definition) is 3. The van der Waals surface area contributed by atoms with Gasteiger partial charge in [0, 0.05) is 22.2 Å². The van der Waals surface area contributed by atoms with Crippen LogP contribution in [0.4, 0.5) is 16.4 Å². The summed E-state index contributed by atoms with van der Waals surface area (Å²) in [4.78, 5) is 53.4. The zero-order chi connectivity index (χ0) is 30.1. The van der Waals surface area contributed by atoms with Crippen molar-refractivity contribution >= 4 is 63.2 Å². The minimum atomic E-state index is -0.595. The molecule has 2 aromatic carbocycles. The van der Waals surface area contributed by atoms with Crippen LogP contribution in [0.1, 0.15) is 78.0 Å². The van der Waals surface area contributed by atoms with E-state index in [0.29, 0.717) is 28.2 Å². The molecule has 0 aliphatic heterocycles. The maximum atomic E-state index is 13.5. The molecule has 1 unspecified atom stereocenters. The summed E-state index contributed by atoms with van der Waals surface area (Å²) in [6.45, 7) is 5.46. The Kier molecular flexibility index (Phi) is 11.2. The third-order valence-corrected chi connectivity index (χ3v) is 9.68. The van der Waals surface area contributed by atoms with Crippen LogP contribution in [-0.4, -0.2) is 35.5 Å². The predicted octanol–water partition coefficient (Wildman–Crippen LogP) is 7.51. The molecule has 0 radical (unpaired) electrons. The first-order chi connectivity index (χ1) is 20.3. The van der Waals surface area contributed by atoms with Gasteiger partial charge in [0.25, 0.3) is 5.91 Å². The van der Waals surface area contributed by atoms with Crippen molar-refractivity contribution in [3.63, 3.8) is 0 Å². The average Bonchev–Trinajstić information content (AvgIpc) is 3.32. The first-order valence-electron chi connectivity index (χ1n) is 14.4. The number of carbonyl (C=O) groups is 4. The van der Waals surface area contributed by atoms with Crippen molar-refractivity contribution in [3.8, 4) is 0 Å². The van der Waals surface area contributed by atoms with Crippen LogP contribution in [-0.2, 0) is 14.3 Å². The van der Waals surface area contributed by atoms with Crippen LogP contribution in [0.15, 0.2) is 59.5 Å². The smallest absolute Gasteiger partial charge is 0.341 e.